The number of rotatable bonds is 4. The molecule has 1 N–H and O–H groups in total. The Balaban J connectivity index is 2.09. The van der Waals surface area contributed by atoms with Crippen molar-refractivity contribution < 1.29 is 9.84 Å². The number of nitrogens with zero attached hydrogens (tertiary/aromatic N) is 1. The van der Waals surface area contributed by atoms with Gasteiger partial charge in [0.1, 0.15) is 6.61 Å². The lowest BCUT2D eigenvalue weighted by Gasteiger charge is -2.08. The highest BCUT2D eigenvalue weighted by Crippen LogP contribution is 2.20. The fourth-order valence-corrected chi connectivity index (χ4v) is 1.78. The largest absolute Gasteiger partial charge is 0.473 e. The molecule has 0 spiro atoms. The Morgan fingerprint density at radius 1 is 1.06 bits per heavy atom. The van der Waals surface area contributed by atoms with Gasteiger partial charge in [-0.2, -0.15) is 0 Å². The van der Waals surface area contributed by atoms with Crippen molar-refractivity contribution in [1.29, 1.82) is 0 Å². The van der Waals surface area contributed by atoms with E-state index in [0.717, 1.165) is 5.56 Å². The Morgan fingerprint density at radius 2 is 1.83 bits per heavy atom. The van der Waals surface area contributed by atoms with Crippen LogP contribution in [0.1, 0.15) is 11.3 Å². The SMILES string of the molecule is OCc1nc(OCc2ccccc2Cl)ccc1Cl. The molecule has 5 heteroatoms. The summed E-state index contributed by atoms with van der Waals surface area (Å²) in [6.45, 7) is 0.0985. The van der Waals surface area contributed by atoms with E-state index in [1.165, 1.54) is 0 Å². The molecule has 0 saturated heterocycles. The molecular formula is C13H11Cl2NO2. The molecule has 0 bridgehead atoms. The third-order valence-electron chi connectivity index (χ3n) is 2.38. The maximum absolute atomic E-state index is 9.05. The highest BCUT2D eigenvalue weighted by atomic mass is 35.5. The van der Waals surface area contributed by atoms with Crippen LogP contribution < -0.4 is 4.74 Å². The number of benzene rings is 1. The fraction of sp³-hybridized carbons (Fsp3) is 0.154. The van der Waals surface area contributed by atoms with Crippen LogP contribution in [0.15, 0.2) is 36.4 Å². The summed E-state index contributed by atoms with van der Waals surface area (Å²) in [4.78, 5) is 4.09. The molecule has 0 unspecified atom stereocenters. The van der Waals surface area contributed by atoms with Crippen LogP contribution in [0, 0.1) is 0 Å². The standard InChI is InChI=1S/C13H11Cl2NO2/c14-10-4-2-1-3-9(10)8-18-13-6-5-11(15)12(7-17)16-13/h1-6,17H,7-8H2. The molecule has 2 rings (SSSR count). The summed E-state index contributed by atoms with van der Waals surface area (Å²) in [6, 6.07) is 10.7. The molecule has 0 fully saturated rings. The predicted octanol–water partition coefficient (Wildman–Crippen LogP) is 3.46. The number of halogens is 2. The van der Waals surface area contributed by atoms with Crippen LogP contribution in [0.3, 0.4) is 0 Å². The van der Waals surface area contributed by atoms with E-state index in [0.29, 0.717) is 28.2 Å². The molecule has 3 nitrogen and oxygen atoms in total. The summed E-state index contributed by atoms with van der Waals surface area (Å²) in [7, 11) is 0. The van der Waals surface area contributed by atoms with Crippen molar-refractivity contribution in [3.63, 3.8) is 0 Å². The molecule has 0 aliphatic rings. The van der Waals surface area contributed by atoms with Crippen LogP contribution in [0.5, 0.6) is 5.88 Å². The van der Waals surface area contributed by atoms with Crippen LogP contribution in [0.4, 0.5) is 0 Å². The monoisotopic (exact) mass is 283 g/mol. The third-order valence-corrected chi connectivity index (χ3v) is 3.09. The van der Waals surface area contributed by atoms with E-state index in [4.69, 9.17) is 33.0 Å². The zero-order chi connectivity index (χ0) is 13.0. The van der Waals surface area contributed by atoms with Gasteiger partial charge in [0.05, 0.1) is 17.3 Å². The predicted molar refractivity (Wildman–Crippen MR) is 71.0 cm³/mol. The highest BCUT2D eigenvalue weighted by molar-refractivity contribution is 6.31. The number of aromatic nitrogens is 1. The highest BCUT2D eigenvalue weighted by Gasteiger charge is 2.05. The average molecular weight is 284 g/mol. The quantitative estimate of drug-likeness (QED) is 0.934. The van der Waals surface area contributed by atoms with Gasteiger partial charge in [0.2, 0.25) is 5.88 Å². The second kappa shape index (κ2) is 6.05. The fourth-order valence-electron chi connectivity index (χ4n) is 1.42. The van der Waals surface area contributed by atoms with Gasteiger partial charge < -0.3 is 9.84 Å². The number of pyridine rings is 1. The van der Waals surface area contributed by atoms with Crippen LogP contribution in [0.25, 0.3) is 0 Å². The summed E-state index contributed by atoms with van der Waals surface area (Å²) in [5.41, 5.74) is 1.27. The minimum absolute atomic E-state index is 0.220. The van der Waals surface area contributed by atoms with Gasteiger partial charge in [0.15, 0.2) is 0 Å². The number of ether oxygens (including phenoxy) is 1. The second-order valence-electron chi connectivity index (χ2n) is 3.62. The first kappa shape index (κ1) is 13.1. The Labute approximate surface area is 115 Å². The molecule has 94 valence electrons. The summed E-state index contributed by atoms with van der Waals surface area (Å²) in [5.74, 6) is 0.406. The lowest BCUT2D eigenvalue weighted by molar-refractivity contribution is 0.266. The van der Waals surface area contributed by atoms with Gasteiger partial charge in [-0.05, 0) is 12.1 Å². The first-order valence-corrected chi connectivity index (χ1v) is 6.09. The van der Waals surface area contributed by atoms with Crippen molar-refractivity contribution in [1.82, 2.24) is 4.98 Å². The van der Waals surface area contributed by atoms with Crippen LogP contribution in [-0.4, -0.2) is 10.1 Å². The topological polar surface area (TPSA) is 42.4 Å². The van der Waals surface area contributed by atoms with Crippen molar-refractivity contribution in [3.05, 3.63) is 57.7 Å². The van der Waals surface area contributed by atoms with Gasteiger partial charge in [-0.3, -0.25) is 0 Å². The first-order valence-electron chi connectivity index (χ1n) is 5.33. The molecule has 18 heavy (non-hydrogen) atoms. The zero-order valence-corrected chi connectivity index (χ0v) is 10.9. The minimum atomic E-state index is -0.220. The van der Waals surface area contributed by atoms with Crippen molar-refractivity contribution in [2.75, 3.05) is 0 Å². The van der Waals surface area contributed by atoms with Gasteiger partial charge in [-0.1, -0.05) is 41.4 Å². The van der Waals surface area contributed by atoms with Crippen LogP contribution in [0.2, 0.25) is 10.0 Å². The lowest BCUT2D eigenvalue weighted by Crippen LogP contribution is -2.00. The Hall–Kier alpha value is -1.29. The van der Waals surface area contributed by atoms with Gasteiger partial charge in [0, 0.05) is 16.7 Å². The number of aliphatic hydroxyl groups excluding tert-OH is 1. The van der Waals surface area contributed by atoms with Crippen LogP contribution in [-0.2, 0) is 13.2 Å². The molecule has 1 aromatic carbocycles. The Bertz CT molecular complexity index is 546. The average Bonchev–Trinajstić information content (AvgIpc) is 2.39. The zero-order valence-electron chi connectivity index (χ0n) is 9.44. The van der Waals surface area contributed by atoms with Gasteiger partial charge in [-0.25, -0.2) is 4.98 Å². The van der Waals surface area contributed by atoms with E-state index in [1.54, 1.807) is 18.2 Å². The molecule has 0 amide bonds. The van der Waals surface area contributed by atoms with E-state index < -0.39 is 0 Å². The molecule has 0 aliphatic carbocycles. The maximum Gasteiger partial charge on any atom is 0.213 e. The van der Waals surface area contributed by atoms with Crippen molar-refractivity contribution in [3.8, 4) is 5.88 Å². The van der Waals surface area contributed by atoms with E-state index in [9.17, 15) is 0 Å². The van der Waals surface area contributed by atoms with Crippen LogP contribution >= 0.6 is 23.2 Å². The third kappa shape index (κ3) is 3.13. The van der Waals surface area contributed by atoms with E-state index in [2.05, 4.69) is 4.98 Å². The lowest BCUT2D eigenvalue weighted by atomic mass is 10.2. The minimum Gasteiger partial charge on any atom is -0.473 e. The summed E-state index contributed by atoms with van der Waals surface area (Å²) < 4.78 is 5.51. The molecular weight excluding hydrogens is 273 g/mol. The Kier molecular flexibility index (Phi) is 4.42. The van der Waals surface area contributed by atoms with Crippen molar-refractivity contribution in [2.45, 2.75) is 13.2 Å². The van der Waals surface area contributed by atoms with E-state index in [1.807, 2.05) is 18.2 Å². The smallest absolute Gasteiger partial charge is 0.213 e. The molecule has 0 radical (unpaired) electrons. The van der Waals surface area contributed by atoms with Gasteiger partial charge in [0.25, 0.3) is 0 Å². The Morgan fingerprint density at radius 3 is 2.56 bits per heavy atom. The van der Waals surface area contributed by atoms with Gasteiger partial charge >= 0.3 is 0 Å². The second-order valence-corrected chi connectivity index (χ2v) is 4.43. The maximum atomic E-state index is 9.05. The number of hydrogen-bond acceptors (Lipinski definition) is 3. The van der Waals surface area contributed by atoms with E-state index >= 15 is 0 Å². The number of hydrogen-bond donors (Lipinski definition) is 1. The van der Waals surface area contributed by atoms with E-state index in [-0.39, 0.29) is 6.61 Å². The summed E-state index contributed by atoms with van der Waals surface area (Å²) in [5, 5.41) is 10.1. The number of aliphatic hydroxyl groups is 1. The van der Waals surface area contributed by atoms with Gasteiger partial charge in [-0.15, -0.1) is 0 Å². The first-order chi connectivity index (χ1) is 8.70. The normalized spacial score (nSPS) is 10.4. The molecule has 0 aliphatic heterocycles. The molecule has 0 saturated carbocycles. The molecule has 1 aromatic heterocycles. The molecule has 1 heterocycles. The summed E-state index contributed by atoms with van der Waals surface area (Å²) >= 11 is 11.9. The summed E-state index contributed by atoms with van der Waals surface area (Å²) in [6.07, 6.45) is 0. The molecule has 2 aromatic rings. The van der Waals surface area contributed by atoms with Crippen molar-refractivity contribution in [2.24, 2.45) is 0 Å². The molecule has 0 atom stereocenters. The van der Waals surface area contributed by atoms with Crippen molar-refractivity contribution >= 4 is 23.2 Å².